The van der Waals surface area contributed by atoms with E-state index in [9.17, 15) is 14.4 Å². The van der Waals surface area contributed by atoms with Gasteiger partial charge in [-0.2, -0.15) is 0 Å². The van der Waals surface area contributed by atoms with Crippen molar-refractivity contribution < 1.29 is 4.79 Å². The average Bonchev–Trinajstić information content (AvgIpc) is 3.68. The minimum absolute atomic E-state index is 0.166. The first-order chi connectivity index (χ1) is 16.9. The number of hydrogen-bond donors (Lipinski definition) is 2. The van der Waals surface area contributed by atoms with Gasteiger partial charge in [-0.1, -0.05) is 31.2 Å². The van der Waals surface area contributed by atoms with Crippen molar-refractivity contribution in [2.75, 3.05) is 13.1 Å². The summed E-state index contributed by atoms with van der Waals surface area (Å²) in [6, 6.07) is 10.1. The molecule has 1 aliphatic heterocycles. The minimum Gasteiger partial charge on any atom is -0.348 e. The van der Waals surface area contributed by atoms with Gasteiger partial charge in [0.05, 0.1) is 10.9 Å². The Labute approximate surface area is 204 Å². The van der Waals surface area contributed by atoms with E-state index in [0.717, 1.165) is 49.7 Å². The molecule has 3 aromatic rings. The molecular weight excluding hydrogens is 442 g/mol. The second kappa shape index (κ2) is 9.77. The van der Waals surface area contributed by atoms with Crippen LogP contribution in [0.1, 0.15) is 72.6 Å². The molecule has 2 N–H and O–H groups in total. The van der Waals surface area contributed by atoms with E-state index in [-0.39, 0.29) is 28.4 Å². The first-order valence-electron chi connectivity index (χ1n) is 12.7. The molecule has 2 aliphatic rings. The molecule has 1 unspecified atom stereocenters. The number of likely N-dealkylation sites (tertiary alicyclic amines) is 1. The summed E-state index contributed by atoms with van der Waals surface area (Å²) < 4.78 is 1.42. The number of benzene rings is 1. The molecule has 1 aliphatic carbocycles. The lowest BCUT2D eigenvalue weighted by Crippen LogP contribution is -2.33. The molecule has 1 saturated heterocycles. The summed E-state index contributed by atoms with van der Waals surface area (Å²) in [7, 11) is 0. The van der Waals surface area contributed by atoms with Crippen molar-refractivity contribution in [3.63, 3.8) is 0 Å². The predicted molar refractivity (Wildman–Crippen MR) is 136 cm³/mol. The number of amides is 1. The van der Waals surface area contributed by atoms with Crippen LogP contribution in [-0.2, 0) is 19.6 Å². The van der Waals surface area contributed by atoms with Crippen LogP contribution in [0, 0.1) is 5.92 Å². The van der Waals surface area contributed by atoms with Gasteiger partial charge >= 0.3 is 5.69 Å². The van der Waals surface area contributed by atoms with Gasteiger partial charge in [0.1, 0.15) is 0 Å². The zero-order valence-corrected chi connectivity index (χ0v) is 20.5. The van der Waals surface area contributed by atoms with Crippen LogP contribution in [0.3, 0.4) is 0 Å². The lowest BCUT2D eigenvalue weighted by molar-refractivity contribution is 0.0952. The summed E-state index contributed by atoms with van der Waals surface area (Å²) in [6.45, 7) is 8.09. The lowest BCUT2D eigenvalue weighted by Gasteiger charge is -2.30. The molecule has 1 saturated carbocycles. The number of aromatic amines is 1. The Morgan fingerprint density at radius 1 is 1.14 bits per heavy atom. The predicted octanol–water partition coefficient (Wildman–Crippen LogP) is 3.14. The van der Waals surface area contributed by atoms with Crippen molar-refractivity contribution in [2.24, 2.45) is 5.92 Å². The van der Waals surface area contributed by atoms with Crippen LogP contribution in [0.5, 0.6) is 0 Å². The van der Waals surface area contributed by atoms with E-state index in [1.807, 2.05) is 19.1 Å². The zero-order chi connectivity index (χ0) is 24.5. The van der Waals surface area contributed by atoms with E-state index >= 15 is 0 Å². The molecular formula is C27H33N5O3. The van der Waals surface area contributed by atoms with Crippen molar-refractivity contribution in [3.8, 4) is 0 Å². The van der Waals surface area contributed by atoms with Crippen LogP contribution >= 0.6 is 0 Å². The third-order valence-corrected chi connectivity index (χ3v) is 7.15. The Hall–Kier alpha value is -3.26. The number of aryl methyl sites for hydroxylation is 1. The quantitative estimate of drug-likeness (QED) is 0.547. The number of piperidine rings is 1. The van der Waals surface area contributed by atoms with Crippen molar-refractivity contribution in [1.29, 1.82) is 0 Å². The molecule has 8 heteroatoms. The Balaban J connectivity index is 1.34. The number of fused-ring (bicyclic) bond motifs is 1. The molecule has 0 bridgehead atoms. The highest BCUT2D eigenvalue weighted by atomic mass is 16.2. The van der Waals surface area contributed by atoms with Gasteiger partial charge in [0.2, 0.25) is 0 Å². The number of H-pyrrole nitrogens is 1. The van der Waals surface area contributed by atoms with E-state index in [0.29, 0.717) is 13.1 Å². The fraction of sp³-hybridized carbons (Fsp3) is 0.481. The van der Waals surface area contributed by atoms with Gasteiger partial charge in [0, 0.05) is 37.8 Å². The van der Waals surface area contributed by atoms with E-state index in [1.165, 1.54) is 23.0 Å². The summed E-state index contributed by atoms with van der Waals surface area (Å²) >= 11 is 0. The maximum atomic E-state index is 13.2. The van der Waals surface area contributed by atoms with Crippen molar-refractivity contribution in [3.05, 3.63) is 73.6 Å². The third-order valence-electron chi connectivity index (χ3n) is 7.15. The normalized spacial score (nSPS) is 18.6. The number of carbonyl (C=O) groups is 1. The van der Waals surface area contributed by atoms with Gasteiger partial charge in [0.15, 0.2) is 5.65 Å². The first-order valence-corrected chi connectivity index (χ1v) is 12.7. The Bertz CT molecular complexity index is 1350. The fourth-order valence-corrected chi connectivity index (χ4v) is 5.08. The molecule has 5 rings (SSSR count). The monoisotopic (exact) mass is 475 g/mol. The highest BCUT2D eigenvalue weighted by Gasteiger charge is 2.28. The van der Waals surface area contributed by atoms with Crippen molar-refractivity contribution in [1.82, 2.24) is 24.8 Å². The highest BCUT2D eigenvalue weighted by Crippen LogP contribution is 2.39. The Kier molecular flexibility index (Phi) is 6.56. The smallest absolute Gasteiger partial charge is 0.329 e. The summed E-state index contributed by atoms with van der Waals surface area (Å²) in [4.78, 5) is 47.7. The molecule has 3 heterocycles. The van der Waals surface area contributed by atoms with Gasteiger partial charge in [-0.25, -0.2) is 9.78 Å². The molecule has 0 radical (unpaired) electrons. The topological polar surface area (TPSA) is 100 Å². The average molecular weight is 476 g/mol. The molecule has 1 aromatic carbocycles. The molecule has 35 heavy (non-hydrogen) atoms. The SMILES string of the molecule is CCn1c(=O)[nH]c(=O)c2c(C(=O)NCc3ccc(CN4CCCC(C)C4)cc3)cc(C3CC3)nc21. The number of rotatable bonds is 7. The number of pyridine rings is 1. The number of hydrogen-bond acceptors (Lipinski definition) is 5. The maximum absolute atomic E-state index is 13.2. The fourth-order valence-electron chi connectivity index (χ4n) is 5.08. The second-order valence-corrected chi connectivity index (χ2v) is 10.1. The van der Waals surface area contributed by atoms with Crippen LogP contribution in [0.15, 0.2) is 39.9 Å². The van der Waals surface area contributed by atoms with E-state index in [4.69, 9.17) is 0 Å². The maximum Gasteiger partial charge on any atom is 0.329 e. The van der Waals surface area contributed by atoms with E-state index in [2.05, 4.69) is 39.2 Å². The van der Waals surface area contributed by atoms with Gasteiger partial charge in [-0.15, -0.1) is 0 Å². The number of nitrogens with zero attached hydrogens (tertiary/aromatic N) is 3. The molecule has 2 fully saturated rings. The highest BCUT2D eigenvalue weighted by molar-refractivity contribution is 6.05. The molecule has 184 valence electrons. The van der Waals surface area contributed by atoms with Crippen molar-refractivity contribution in [2.45, 2.75) is 65.1 Å². The van der Waals surface area contributed by atoms with Crippen LogP contribution in [0.4, 0.5) is 0 Å². The molecule has 1 atom stereocenters. The number of carbonyl (C=O) groups excluding carboxylic acids is 1. The summed E-state index contributed by atoms with van der Waals surface area (Å²) in [5, 5.41) is 3.13. The van der Waals surface area contributed by atoms with E-state index in [1.54, 1.807) is 6.07 Å². The van der Waals surface area contributed by atoms with Gasteiger partial charge < -0.3 is 5.32 Å². The zero-order valence-electron chi connectivity index (χ0n) is 20.5. The van der Waals surface area contributed by atoms with Gasteiger partial charge in [0.25, 0.3) is 11.5 Å². The van der Waals surface area contributed by atoms with Crippen LogP contribution < -0.4 is 16.6 Å². The summed E-state index contributed by atoms with van der Waals surface area (Å²) in [6.07, 6.45) is 4.57. The molecule has 2 aromatic heterocycles. The first kappa shape index (κ1) is 23.5. The Morgan fingerprint density at radius 3 is 2.57 bits per heavy atom. The standard InChI is InChI=1S/C27H33N5O3/c1-3-32-24-23(26(34)30-27(32)35)21(13-22(29-24)20-10-11-20)25(33)28-14-18-6-8-19(9-7-18)16-31-12-4-5-17(2)15-31/h6-9,13,17,20H,3-5,10-12,14-16H2,1-2H3,(H,28,33)(H,30,34,35). The van der Waals surface area contributed by atoms with Crippen LogP contribution in [0.25, 0.3) is 11.0 Å². The van der Waals surface area contributed by atoms with Crippen LogP contribution in [-0.4, -0.2) is 38.4 Å². The molecule has 8 nitrogen and oxygen atoms in total. The van der Waals surface area contributed by atoms with Gasteiger partial charge in [-0.3, -0.25) is 24.0 Å². The second-order valence-electron chi connectivity index (χ2n) is 10.1. The summed E-state index contributed by atoms with van der Waals surface area (Å²) in [5.41, 5.74) is 2.51. The molecule has 1 amide bonds. The van der Waals surface area contributed by atoms with Crippen molar-refractivity contribution >= 4 is 16.9 Å². The lowest BCUT2D eigenvalue weighted by atomic mass is 9.99. The minimum atomic E-state index is -0.578. The number of nitrogens with one attached hydrogen (secondary N) is 2. The summed E-state index contributed by atoms with van der Waals surface area (Å²) in [5.74, 6) is 0.695. The largest absolute Gasteiger partial charge is 0.348 e. The van der Waals surface area contributed by atoms with E-state index < -0.39 is 11.2 Å². The third kappa shape index (κ3) is 5.07. The van der Waals surface area contributed by atoms with Crippen LogP contribution in [0.2, 0.25) is 0 Å². The van der Waals surface area contributed by atoms with Gasteiger partial charge in [-0.05, 0) is 62.3 Å². The number of aromatic nitrogens is 3. The Morgan fingerprint density at radius 2 is 1.89 bits per heavy atom. The molecule has 0 spiro atoms.